The fraction of sp³-hybridized carbons (Fsp3) is 0. The molecule has 0 aliphatic rings. The van der Waals surface area contributed by atoms with Gasteiger partial charge in [-0.05, 0) is 6.07 Å². The van der Waals surface area contributed by atoms with E-state index in [1.165, 1.54) is 6.33 Å². The number of hydrogen-bond acceptors (Lipinski definition) is 4. The zero-order valence-corrected chi connectivity index (χ0v) is 10.4. The van der Waals surface area contributed by atoms with Crippen molar-refractivity contribution in [3.05, 3.63) is 55.2 Å². The number of rotatable bonds is 2. The van der Waals surface area contributed by atoms with Crippen molar-refractivity contribution in [1.29, 1.82) is 0 Å². The van der Waals surface area contributed by atoms with Crippen molar-refractivity contribution in [3.63, 3.8) is 0 Å². The molecule has 1 N–H and O–H groups in total. The van der Waals surface area contributed by atoms with Gasteiger partial charge in [-0.2, -0.15) is 5.10 Å². The number of aromatic amines is 1. The van der Waals surface area contributed by atoms with Gasteiger partial charge in [-0.3, -0.25) is 0 Å². The lowest BCUT2D eigenvalue weighted by Gasteiger charge is -2.00. The van der Waals surface area contributed by atoms with E-state index in [2.05, 4.69) is 25.0 Å². The van der Waals surface area contributed by atoms with Gasteiger partial charge in [0.05, 0.1) is 12.0 Å². The van der Waals surface area contributed by atoms with Crippen LogP contribution in [0.2, 0.25) is 0 Å². The molecule has 0 radical (unpaired) electrons. The molecule has 20 heavy (non-hydrogen) atoms. The molecule has 4 aromatic rings. The molecule has 6 nitrogen and oxygen atoms in total. The lowest BCUT2D eigenvalue weighted by molar-refractivity contribution is 0.851. The number of H-pyrrole nitrogens is 1. The van der Waals surface area contributed by atoms with Crippen LogP contribution in [0, 0.1) is 0 Å². The number of imidazole rings is 1. The van der Waals surface area contributed by atoms with Crippen LogP contribution in [0.15, 0.2) is 55.2 Å². The van der Waals surface area contributed by atoms with Crippen molar-refractivity contribution in [2.24, 2.45) is 0 Å². The van der Waals surface area contributed by atoms with Crippen molar-refractivity contribution < 1.29 is 0 Å². The van der Waals surface area contributed by atoms with Crippen LogP contribution in [0.4, 0.5) is 0 Å². The van der Waals surface area contributed by atoms with E-state index in [4.69, 9.17) is 0 Å². The number of nitrogens with zero attached hydrogens (tertiary/aromatic N) is 5. The lowest BCUT2D eigenvalue weighted by atomic mass is 10.2. The predicted molar refractivity (Wildman–Crippen MR) is 74.2 cm³/mol. The second kappa shape index (κ2) is 4.27. The molecule has 0 amide bonds. The topological polar surface area (TPSA) is 72.3 Å². The normalized spacial score (nSPS) is 11.0. The number of nitrogens with one attached hydrogen (secondary N) is 1. The largest absolute Gasteiger partial charge is 0.340 e. The van der Waals surface area contributed by atoms with Gasteiger partial charge in [-0.1, -0.05) is 30.3 Å². The number of benzene rings is 1. The van der Waals surface area contributed by atoms with E-state index in [-0.39, 0.29) is 0 Å². The van der Waals surface area contributed by atoms with E-state index < -0.39 is 0 Å². The predicted octanol–water partition coefficient (Wildman–Crippen LogP) is 2.21. The van der Waals surface area contributed by atoms with Gasteiger partial charge in [0.15, 0.2) is 11.5 Å². The standard InChI is InChI=1S/C14H10N6/c1-2-4-10(5-3-1)11-6-7-20(19-11)14-12-13(16-8-15-12)17-9-18-14/h1-9H,(H,15,16,17,18). The summed E-state index contributed by atoms with van der Waals surface area (Å²) in [5.74, 6) is 0.690. The Hall–Kier alpha value is -3.02. The molecule has 0 fully saturated rings. The van der Waals surface area contributed by atoms with Crippen molar-refractivity contribution in [2.45, 2.75) is 0 Å². The first-order valence-electron chi connectivity index (χ1n) is 6.17. The van der Waals surface area contributed by atoms with Gasteiger partial charge in [0.2, 0.25) is 0 Å². The third-order valence-electron chi connectivity index (χ3n) is 3.08. The van der Waals surface area contributed by atoms with Gasteiger partial charge in [0.1, 0.15) is 11.8 Å². The van der Waals surface area contributed by atoms with E-state index in [0.717, 1.165) is 16.8 Å². The maximum absolute atomic E-state index is 4.56. The van der Waals surface area contributed by atoms with Crippen LogP contribution in [0.25, 0.3) is 28.2 Å². The Bertz CT molecular complexity index is 861. The van der Waals surface area contributed by atoms with E-state index in [9.17, 15) is 0 Å². The van der Waals surface area contributed by atoms with Gasteiger partial charge in [0, 0.05) is 11.8 Å². The molecule has 1 aromatic carbocycles. The summed E-state index contributed by atoms with van der Waals surface area (Å²) in [5.41, 5.74) is 3.38. The van der Waals surface area contributed by atoms with Crippen LogP contribution < -0.4 is 0 Å². The van der Waals surface area contributed by atoms with Crippen molar-refractivity contribution >= 4 is 11.2 Å². The SMILES string of the molecule is c1ccc(-c2ccn(-c3ncnc4nc[nH]c34)n2)cc1. The smallest absolute Gasteiger partial charge is 0.182 e. The zero-order valence-electron chi connectivity index (χ0n) is 10.4. The monoisotopic (exact) mass is 262 g/mol. The maximum Gasteiger partial charge on any atom is 0.182 e. The molecule has 0 atom stereocenters. The van der Waals surface area contributed by atoms with E-state index >= 15 is 0 Å². The zero-order chi connectivity index (χ0) is 13.4. The molecule has 0 aliphatic heterocycles. The molecule has 0 spiro atoms. The number of fused-ring (bicyclic) bond motifs is 1. The van der Waals surface area contributed by atoms with Gasteiger partial charge < -0.3 is 4.98 Å². The third kappa shape index (κ3) is 1.66. The first-order chi connectivity index (χ1) is 9.92. The molecule has 0 unspecified atom stereocenters. The quantitative estimate of drug-likeness (QED) is 0.601. The second-order valence-electron chi connectivity index (χ2n) is 4.31. The minimum Gasteiger partial charge on any atom is -0.340 e. The molecule has 4 rings (SSSR count). The summed E-state index contributed by atoms with van der Waals surface area (Å²) in [6.45, 7) is 0. The Kier molecular flexibility index (Phi) is 2.32. The average molecular weight is 262 g/mol. The highest BCUT2D eigenvalue weighted by Crippen LogP contribution is 2.19. The summed E-state index contributed by atoms with van der Waals surface area (Å²) in [5, 5.41) is 4.56. The Balaban J connectivity index is 1.84. The molecule has 3 aromatic heterocycles. The van der Waals surface area contributed by atoms with Crippen LogP contribution in [0.1, 0.15) is 0 Å². The molecule has 0 bridgehead atoms. The first kappa shape index (κ1) is 10.9. The van der Waals surface area contributed by atoms with E-state index in [0.29, 0.717) is 11.5 Å². The Morgan fingerprint density at radius 3 is 2.75 bits per heavy atom. The van der Waals surface area contributed by atoms with Gasteiger partial charge in [-0.15, -0.1) is 0 Å². The third-order valence-corrected chi connectivity index (χ3v) is 3.08. The minimum absolute atomic E-state index is 0.631. The second-order valence-corrected chi connectivity index (χ2v) is 4.31. The molecule has 3 heterocycles. The molecule has 0 aliphatic carbocycles. The molecular weight excluding hydrogens is 252 g/mol. The summed E-state index contributed by atoms with van der Waals surface area (Å²) < 4.78 is 1.73. The lowest BCUT2D eigenvalue weighted by Crippen LogP contribution is -2.00. The van der Waals surface area contributed by atoms with E-state index in [1.807, 2.05) is 42.6 Å². The number of hydrogen-bond donors (Lipinski definition) is 1. The Morgan fingerprint density at radius 2 is 1.85 bits per heavy atom. The van der Waals surface area contributed by atoms with Gasteiger partial charge in [0.25, 0.3) is 0 Å². The summed E-state index contributed by atoms with van der Waals surface area (Å²) in [4.78, 5) is 15.5. The molecule has 0 saturated heterocycles. The van der Waals surface area contributed by atoms with Crippen molar-refractivity contribution in [2.75, 3.05) is 0 Å². The van der Waals surface area contributed by atoms with Gasteiger partial charge >= 0.3 is 0 Å². The highest BCUT2D eigenvalue weighted by atomic mass is 15.3. The van der Waals surface area contributed by atoms with Crippen LogP contribution in [-0.4, -0.2) is 29.7 Å². The fourth-order valence-electron chi connectivity index (χ4n) is 2.13. The van der Waals surface area contributed by atoms with Crippen LogP contribution in [-0.2, 0) is 0 Å². The summed E-state index contributed by atoms with van der Waals surface area (Å²) in [6, 6.07) is 12.0. The molecule has 6 heteroatoms. The first-order valence-corrected chi connectivity index (χ1v) is 6.17. The number of aromatic nitrogens is 6. The van der Waals surface area contributed by atoms with Crippen LogP contribution >= 0.6 is 0 Å². The molecule has 96 valence electrons. The molecule has 0 saturated carbocycles. The summed E-state index contributed by atoms with van der Waals surface area (Å²) >= 11 is 0. The molecular formula is C14H10N6. The van der Waals surface area contributed by atoms with Crippen LogP contribution in [0.3, 0.4) is 0 Å². The highest BCUT2D eigenvalue weighted by Gasteiger charge is 2.09. The summed E-state index contributed by atoms with van der Waals surface area (Å²) in [7, 11) is 0. The van der Waals surface area contributed by atoms with Crippen LogP contribution in [0.5, 0.6) is 0 Å². The summed E-state index contributed by atoms with van der Waals surface area (Å²) in [6.07, 6.45) is 4.97. The fourth-order valence-corrected chi connectivity index (χ4v) is 2.13. The maximum atomic E-state index is 4.56. The van der Waals surface area contributed by atoms with Crippen molar-refractivity contribution in [3.8, 4) is 17.1 Å². The Morgan fingerprint density at radius 1 is 0.950 bits per heavy atom. The highest BCUT2D eigenvalue weighted by molar-refractivity contribution is 5.77. The average Bonchev–Trinajstić information content (AvgIpc) is 3.17. The van der Waals surface area contributed by atoms with Gasteiger partial charge in [-0.25, -0.2) is 19.6 Å². The van der Waals surface area contributed by atoms with E-state index in [1.54, 1.807) is 11.0 Å². The van der Waals surface area contributed by atoms with Crippen molar-refractivity contribution in [1.82, 2.24) is 29.7 Å². The minimum atomic E-state index is 0.631. The Labute approximate surface area is 114 Å².